The molecule has 7 nitrogen and oxygen atoms in total. The van der Waals surface area contributed by atoms with Crippen molar-refractivity contribution in [2.24, 2.45) is 0 Å². The van der Waals surface area contributed by atoms with Gasteiger partial charge in [0.05, 0.1) is 0 Å². The Morgan fingerprint density at radius 2 is 1.62 bits per heavy atom. The number of phenolic OH excluding ortho intramolecular Hbond substituents is 1. The predicted molar refractivity (Wildman–Crippen MR) is 127 cm³/mol. The Hall–Kier alpha value is -3.11. The maximum absolute atomic E-state index is 12.6. The third-order valence-corrected chi connectivity index (χ3v) is 5.23. The first-order chi connectivity index (χ1) is 15.5. The van der Waals surface area contributed by atoms with Crippen LogP contribution >= 0.6 is 22.6 Å². The molecule has 3 rings (SSSR count). The number of benzene rings is 3. The maximum atomic E-state index is 12.6. The highest BCUT2D eigenvalue weighted by molar-refractivity contribution is 14.1. The number of hydrogen-bond acceptors (Lipinski definition) is 6. The van der Waals surface area contributed by atoms with Gasteiger partial charge < -0.3 is 19.7 Å². The number of aromatic hydroxyl groups is 1. The van der Waals surface area contributed by atoms with E-state index in [9.17, 15) is 19.8 Å². The van der Waals surface area contributed by atoms with Crippen LogP contribution in [0.1, 0.15) is 28.4 Å². The van der Waals surface area contributed by atoms with Gasteiger partial charge in [0, 0.05) is 27.7 Å². The van der Waals surface area contributed by atoms with Crippen LogP contribution in [0.4, 0.5) is 4.79 Å². The molecule has 0 aliphatic carbocycles. The summed E-state index contributed by atoms with van der Waals surface area (Å²) in [4.78, 5) is 25.0. The Morgan fingerprint density at radius 1 is 0.969 bits per heavy atom. The highest BCUT2D eigenvalue weighted by Gasteiger charge is 2.32. The van der Waals surface area contributed by atoms with E-state index in [0.717, 1.165) is 3.57 Å². The molecule has 166 valence electrons. The van der Waals surface area contributed by atoms with E-state index in [2.05, 4.69) is 27.9 Å². The standard InChI is InChI=1S/C24H22INO6/c25-17-11-12-20(28)19(15-17)22(21(13-14-27)31-18-9-5-2-6-10-18)32-24(30)26-23(29)16-7-3-1-4-8-16/h1-12,15,21-22,27-28H,13-14H2,(H,26,29,30)/t21-,22-/m0/s1. The van der Waals surface area contributed by atoms with E-state index in [1.165, 1.54) is 6.07 Å². The van der Waals surface area contributed by atoms with Gasteiger partial charge in [-0.05, 0) is 65.1 Å². The number of amides is 2. The summed E-state index contributed by atoms with van der Waals surface area (Å²) in [6, 6.07) is 22.0. The van der Waals surface area contributed by atoms with E-state index < -0.39 is 24.2 Å². The number of carbonyl (C=O) groups excluding carboxylic acids is 2. The third kappa shape index (κ3) is 6.44. The fraction of sp³-hybridized carbons (Fsp3) is 0.167. The molecular formula is C24H22INO6. The molecule has 0 aliphatic heterocycles. The van der Waals surface area contributed by atoms with Gasteiger partial charge in [-0.15, -0.1) is 0 Å². The molecule has 0 heterocycles. The molecule has 0 saturated carbocycles. The van der Waals surface area contributed by atoms with Crippen molar-refractivity contribution in [1.29, 1.82) is 0 Å². The molecule has 0 fully saturated rings. The summed E-state index contributed by atoms with van der Waals surface area (Å²) in [6.45, 7) is -0.243. The van der Waals surface area contributed by atoms with E-state index in [1.807, 2.05) is 6.07 Å². The summed E-state index contributed by atoms with van der Waals surface area (Å²) in [6.07, 6.45) is -2.81. The van der Waals surface area contributed by atoms with Crippen LogP contribution in [0.5, 0.6) is 11.5 Å². The number of alkyl carbamates (subject to hydrolysis) is 1. The van der Waals surface area contributed by atoms with Crippen molar-refractivity contribution in [3.05, 3.63) is 93.6 Å². The monoisotopic (exact) mass is 547 g/mol. The summed E-state index contributed by atoms with van der Waals surface area (Å²) >= 11 is 2.07. The summed E-state index contributed by atoms with van der Waals surface area (Å²) < 4.78 is 12.4. The summed E-state index contributed by atoms with van der Waals surface area (Å²) in [5, 5.41) is 22.3. The van der Waals surface area contributed by atoms with Gasteiger partial charge in [-0.25, -0.2) is 4.79 Å². The Kier molecular flexibility index (Phi) is 8.46. The van der Waals surface area contributed by atoms with E-state index in [1.54, 1.807) is 66.7 Å². The second-order valence-electron chi connectivity index (χ2n) is 6.83. The Labute approximate surface area is 199 Å². The minimum atomic E-state index is -1.10. The zero-order valence-electron chi connectivity index (χ0n) is 17.0. The van der Waals surface area contributed by atoms with Crippen LogP contribution in [0.15, 0.2) is 78.9 Å². The topological polar surface area (TPSA) is 105 Å². The van der Waals surface area contributed by atoms with Crippen LogP contribution < -0.4 is 10.1 Å². The number of phenols is 1. The number of aliphatic hydroxyl groups is 1. The van der Waals surface area contributed by atoms with Crippen molar-refractivity contribution in [2.45, 2.75) is 18.6 Å². The minimum absolute atomic E-state index is 0.0998. The lowest BCUT2D eigenvalue weighted by Crippen LogP contribution is -2.36. The molecule has 2 atom stereocenters. The van der Waals surface area contributed by atoms with E-state index >= 15 is 0 Å². The quantitative estimate of drug-likeness (QED) is 0.361. The predicted octanol–water partition coefficient (Wildman–Crippen LogP) is 4.43. The molecule has 3 aromatic rings. The lowest BCUT2D eigenvalue weighted by molar-refractivity contribution is 0.00283. The van der Waals surface area contributed by atoms with Crippen LogP contribution in [-0.4, -0.2) is 34.9 Å². The van der Waals surface area contributed by atoms with Gasteiger partial charge in [0.25, 0.3) is 5.91 Å². The average Bonchev–Trinajstić information content (AvgIpc) is 2.80. The number of para-hydroxylation sites is 1. The highest BCUT2D eigenvalue weighted by atomic mass is 127. The van der Waals surface area contributed by atoms with E-state index in [0.29, 0.717) is 16.9 Å². The smallest absolute Gasteiger partial charge is 0.414 e. The molecule has 0 aliphatic rings. The molecule has 0 aromatic heterocycles. The lowest BCUT2D eigenvalue weighted by Gasteiger charge is -2.28. The van der Waals surface area contributed by atoms with Gasteiger partial charge in [0.1, 0.15) is 17.6 Å². The number of imide groups is 1. The summed E-state index contributed by atoms with van der Waals surface area (Å²) in [7, 11) is 0. The summed E-state index contributed by atoms with van der Waals surface area (Å²) in [5.74, 6) is -0.216. The molecule has 3 aromatic carbocycles. The van der Waals surface area contributed by atoms with Crippen LogP contribution in [0, 0.1) is 3.57 Å². The second kappa shape index (κ2) is 11.5. The van der Waals surface area contributed by atoms with Crippen LogP contribution in [-0.2, 0) is 4.74 Å². The summed E-state index contributed by atoms with van der Waals surface area (Å²) in [5.41, 5.74) is 0.596. The van der Waals surface area contributed by atoms with Crippen LogP contribution in [0.3, 0.4) is 0 Å². The zero-order valence-corrected chi connectivity index (χ0v) is 19.1. The van der Waals surface area contributed by atoms with Gasteiger partial charge in [-0.1, -0.05) is 36.4 Å². The molecular weight excluding hydrogens is 525 g/mol. The molecule has 8 heteroatoms. The van der Waals surface area contributed by atoms with Crippen LogP contribution in [0.2, 0.25) is 0 Å². The van der Waals surface area contributed by atoms with E-state index in [4.69, 9.17) is 9.47 Å². The van der Waals surface area contributed by atoms with Crippen LogP contribution in [0.25, 0.3) is 0 Å². The zero-order chi connectivity index (χ0) is 22.9. The molecule has 0 unspecified atom stereocenters. The van der Waals surface area contributed by atoms with Crippen molar-refractivity contribution in [3.63, 3.8) is 0 Å². The van der Waals surface area contributed by atoms with Gasteiger partial charge in [0.2, 0.25) is 0 Å². The number of rotatable bonds is 8. The lowest BCUT2D eigenvalue weighted by atomic mass is 10.0. The number of ether oxygens (including phenoxy) is 2. The van der Waals surface area contributed by atoms with Crippen molar-refractivity contribution in [1.82, 2.24) is 5.32 Å². The van der Waals surface area contributed by atoms with Gasteiger partial charge in [-0.2, -0.15) is 0 Å². The molecule has 32 heavy (non-hydrogen) atoms. The van der Waals surface area contributed by atoms with Gasteiger partial charge >= 0.3 is 6.09 Å². The Balaban J connectivity index is 1.88. The fourth-order valence-electron chi connectivity index (χ4n) is 3.07. The van der Waals surface area contributed by atoms with Gasteiger partial charge in [0.15, 0.2) is 6.10 Å². The molecule has 0 bridgehead atoms. The first-order valence-corrected chi connectivity index (χ1v) is 10.9. The third-order valence-electron chi connectivity index (χ3n) is 4.56. The van der Waals surface area contributed by atoms with Crippen molar-refractivity contribution in [2.75, 3.05) is 6.61 Å². The highest BCUT2D eigenvalue weighted by Crippen LogP contribution is 2.34. The SMILES string of the molecule is O=C(NC(=O)c1ccccc1)O[C@@H](c1cc(I)ccc1O)[C@H](CCO)Oc1ccccc1. The Bertz CT molecular complexity index is 1040. The molecule has 0 radical (unpaired) electrons. The normalized spacial score (nSPS) is 12.4. The largest absolute Gasteiger partial charge is 0.508 e. The number of halogens is 1. The molecule has 3 N–H and O–H groups in total. The second-order valence-corrected chi connectivity index (χ2v) is 8.08. The molecule has 0 saturated heterocycles. The number of aliphatic hydroxyl groups excluding tert-OH is 1. The van der Waals surface area contributed by atoms with Crippen molar-refractivity contribution >= 4 is 34.6 Å². The van der Waals surface area contributed by atoms with E-state index in [-0.39, 0.29) is 18.8 Å². The maximum Gasteiger partial charge on any atom is 0.414 e. The molecule has 2 amide bonds. The first kappa shape index (κ1) is 23.6. The van der Waals surface area contributed by atoms with Crippen molar-refractivity contribution in [3.8, 4) is 11.5 Å². The number of nitrogens with one attached hydrogen (secondary N) is 1. The average molecular weight is 547 g/mol. The first-order valence-electron chi connectivity index (χ1n) is 9.86. The number of hydrogen-bond donors (Lipinski definition) is 3. The van der Waals surface area contributed by atoms with Crippen molar-refractivity contribution < 1.29 is 29.3 Å². The number of carbonyl (C=O) groups is 2. The molecule has 0 spiro atoms. The minimum Gasteiger partial charge on any atom is -0.508 e. The Morgan fingerprint density at radius 3 is 2.28 bits per heavy atom. The van der Waals surface area contributed by atoms with Gasteiger partial charge in [-0.3, -0.25) is 10.1 Å². The fourth-order valence-corrected chi connectivity index (χ4v) is 3.58.